The predicted octanol–water partition coefficient (Wildman–Crippen LogP) is 3.06. The maximum atomic E-state index is 14.0. The monoisotopic (exact) mass is 337 g/mol. The van der Waals surface area contributed by atoms with Gasteiger partial charge < -0.3 is 10.5 Å². The van der Waals surface area contributed by atoms with Gasteiger partial charge in [-0.05, 0) is 31.2 Å². The molecule has 0 saturated carbocycles. The molecule has 126 valence electrons. The van der Waals surface area contributed by atoms with Crippen LogP contribution >= 0.6 is 0 Å². The smallest absolute Gasteiger partial charge is 0.165 e. The maximum Gasteiger partial charge on any atom is 0.165 e. The van der Waals surface area contributed by atoms with Crippen LogP contribution in [0.5, 0.6) is 5.75 Å². The number of methoxy groups -OCH3 is 1. The van der Waals surface area contributed by atoms with Crippen LogP contribution in [0.25, 0.3) is 22.4 Å². The van der Waals surface area contributed by atoms with Gasteiger partial charge >= 0.3 is 0 Å². The van der Waals surface area contributed by atoms with E-state index in [0.29, 0.717) is 16.8 Å². The van der Waals surface area contributed by atoms with Gasteiger partial charge in [-0.3, -0.25) is 4.68 Å². The third-order valence-corrected chi connectivity index (χ3v) is 4.13. The minimum atomic E-state index is -0.496. The van der Waals surface area contributed by atoms with Crippen molar-refractivity contribution in [1.82, 2.24) is 14.8 Å². The number of rotatable bonds is 3. The lowest BCUT2D eigenvalue weighted by atomic mass is 9.99. The van der Waals surface area contributed by atoms with Crippen molar-refractivity contribution in [1.29, 1.82) is 5.26 Å². The van der Waals surface area contributed by atoms with E-state index in [4.69, 9.17) is 10.5 Å². The van der Waals surface area contributed by atoms with E-state index >= 15 is 0 Å². The highest BCUT2D eigenvalue weighted by Gasteiger charge is 2.17. The van der Waals surface area contributed by atoms with Crippen LogP contribution in [0.2, 0.25) is 0 Å². The first-order chi connectivity index (χ1) is 12.0. The summed E-state index contributed by atoms with van der Waals surface area (Å²) in [4.78, 5) is 4.25. The molecule has 25 heavy (non-hydrogen) atoms. The van der Waals surface area contributed by atoms with Crippen LogP contribution in [-0.2, 0) is 7.05 Å². The Kier molecular flexibility index (Phi) is 4.11. The highest BCUT2D eigenvalue weighted by atomic mass is 19.1. The van der Waals surface area contributed by atoms with E-state index in [1.54, 1.807) is 23.0 Å². The molecule has 0 aliphatic heterocycles. The van der Waals surface area contributed by atoms with E-state index in [1.807, 2.05) is 14.0 Å². The van der Waals surface area contributed by atoms with Gasteiger partial charge in [0.1, 0.15) is 17.5 Å². The first-order valence-electron chi connectivity index (χ1n) is 7.49. The molecule has 6 nitrogen and oxygen atoms in total. The molecule has 0 fully saturated rings. The summed E-state index contributed by atoms with van der Waals surface area (Å²) < 4.78 is 20.7. The zero-order valence-corrected chi connectivity index (χ0v) is 14.0. The zero-order chi connectivity index (χ0) is 18.1. The number of anilines is 1. The highest BCUT2D eigenvalue weighted by molar-refractivity contribution is 5.81. The number of halogens is 1. The molecule has 7 heteroatoms. The van der Waals surface area contributed by atoms with Gasteiger partial charge in [-0.15, -0.1) is 0 Å². The molecule has 0 unspecified atom stereocenters. The van der Waals surface area contributed by atoms with Crippen LogP contribution in [0, 0.1) is 24.1 Å². The van der Waals surface area contributed by atoms with Gasteiger partial charge in [0.05, 0.1) is 19.0 Å². The number of ether oxygens (including phenoxy) is 1. The second-order valence-electron chi connectivity index (χ2n) is 5.54. The molecule has 0 radical (unpaired) electrons. The van der Waals surface area contributed by atoms with Crippen LogP contribution in [0.3, 0.4) is 0 Å². The molecule has 2 N–H and O–H groups in total. The van der Waals surface area contributed by atoms with Crippen molar-refractivity contribution < 1.29 is 9.13 Å². The first-order valence-corrected chi connectivity index (χ1v) is 7.49. The SMILES string of the molecule is COc1ccc(-c2cc(-c3cnn(C)c3C)c(C#N)c(N)n2)cc1F. The number of pyridine rings is 1. The van der Waals surface area contributed by atoms with Gasteiger partial charge in [-0.1, -0.05) is 0 Å². The highest BCUT2D eigenvalue weighted by Crippen LogP contribution is 2.33. The van der Waals surface area contributed by atoms with Crippen LogP contribution in [0.1, 0.15) is 11.3 Å². The number of benzene rings is 1. The maximum absolute atomic E-state index is 14.0. The molecule has 0 saturated heterocycles. The first kappa shape index (κ1) is 16.5. The van der Waals surface area contributed by atoms with Crippen molar-refractivity contribution >= 4 is 5.82 Å². The molecule has 0 aliphatic carbocycles. The van der Waals surface area contributed by atoms with E-state index in [1.165, 1.54) is 19.2 Å². The van der Waals surface area contributed by atoms with Gasteiger partial charge in [-0.2, -0.15) is 10.4 Å². The summed E-state index contributed by atoms with van der Waals surface area (Å²) in [5, 5.41) is 13.7. The Balaban J connectivity index is 2.22. The van der Waals surface area contributed by atoms with Crippen molar-refractivity contribution in [2.45, 2.75) is 6.92 Å². The Morgan fingerprint density at radius 1 is 1.28 bits per heavy atom. The lowest BCUT2D eigenvalue weighted by molar-refractivity contribution is 0.386. The van der Waals surface area contributed by atoms with Crippen molar-refractivity contribution in [2.24, 2.45) is 7.05 Å². The van der Waals surface area contributed by atoms with E-state index in [-0.39, 0.29) is 17.1 Å². The van der Waals surface area contributed by atoms with Crippen LogP contribution < -0.4 is 10.5 Å². The molecule has 0 aliphatic rings. The average molecular weight is 337 g/mol. The summed E-state index contributed by atoms with van der Waals surface area (Å²) in [6, 6.07) is 8.35. The molecule has 3 aromatic rings. The topological polar surface area (TPSA) is 89.8 Å². The fourth-order valence-electron chi connectivity index (χ4n) is 2.63. The minimum absolute atomic E-state index is 0.0921. The fraction of sp³-hybridized carbons (Fsp3) is 0.167. The molecule has 2 heterocycles. The summed E-state index contributed by atoms with van der Waals surface area (Å²) in [6.07, 6.45) is 1.67. The Bertz CT molecular complexity index is 1000. The third kappa shape index (κ3) is 2.78. The zero-order valence-electron chi connectivity index (χ0n) is 14.0. The van der Waals surface area contributed by atoms with Crippen LogP contribution in [0.4, 0.5) is 10.2 Å². The number of nitriles is 1. The van der Waals surface area contributed by atoms with Crippen LogP contribution in [-0.4, -0.2) is 21.9 Å². The number of aromatic nitrogens is 3. The molecular weight excluding hydrogens is 321 g/mol. The van der Waals surface area contributed by atoms with E-state index in [2.05, 4.69) is 16.2 Å². The lowest BCUT2D eigenvalue weighted by Gasteiger charge is -2.11. The van der Waals surface area contributed by atoms with Gasteiger partial charge in [-0.25, -0.2) is 9.37 Å². The molecule has 1 aromatic carbocycles. The standard InChI is InChI=1S/C18H16FN5O/c1-10-14(9-22-24(10)2)12-7-16(23-18(21)13(12)8-20)11-4-5-17(25-3)15(19)6-11/h4-7,9H,1-3H3,(H2,21,23). The number of nitrogen functional groups attached to an aromatic ring is 1. The average Bonchev–Trinajstić information content (AvgIpc) is 2.93. The summed E-state index contributed by atoms with van der Waals surface area (Å²) >= 11 is 0. The fourth-order valence-corrected chi connectivity index (χ4v) is 2.63. The Morgan fingerprint density at radius 3 is 2.60 bits per heavy atom. The second kappa shape index (κ2) is 6.24. The van der Waals surface area contributed by atoms with Crippen LogP contribution in [0.15, 0.2) is 30.5 Å². The predicted molar refractivity (Wildman–Crippen MR) is 92.2 cm³/mol. The summed E-state index contributed by atoms with van der Waals surface area (Å²) in [6.45, 7) is 1.90. The van der Waals surface area contributed by atoms with Crippen molar-refractivity contribution in [2.75, 3.05) is 12.8 Å². The van der Waals surface area contributed by atoms with E-state index < -0.39 is 5.82 Å². The largest absolute Gasteiger partial charge is 0.494 e. The second-order valence-corrected chi connectivity index (χ2v) is 5.54. The minimum Gasteiger partial charge on any atom is -0.494 e. The molecule has 0 amide bonds. The van der Waals surface area contributed by atoms with Gasteiger partial charge in [0.2, 0.25) is 0 Å². The molecule has 0 spiro atoms. The van der Waals surface area contributed by atoms with Crippen molar-refractivity contribution in [3.63, 3.8) is 0 Å². The molecule has 3 rings (SSSR count). The summed E-state index contributed by atoms with van der Waals surface area (Å²) in [7, 11) is 3.22. The van der Waals surface area contributed by atoms with Gasteiger partial charge in [0.15, 0.2) is 11.6 Å². The van der Waals surface area contributed by atoms with E-state index in [9.17, 15) is 9.65 Å². The number of aryl methyl sites for hydroxylation is 1. The van der Waals surface area contributed by atoms with Gasteiger partial charge in [0, 0.05) is 29.4 Å². The third-order valence-electron chi connectivity index (χ3n) is 4.13. The molecular formula is C18H16FN5O. The Morgan fingerprint density at radius 2 is 2.04 bits per heavy atom. The summed E-state index contributed by atoms with van der Waals surface area (Å²) in [5.74, 6) is -0.257. The normalized spacial score (nSPS) is 10.5. The molecule has 0 atom stereocenters. The van der Waals surface area contributed by atoms with Gasteiger partial charge in [0.25, 0.3) is 0 Å². The molecule has 0 bridgehead atoms. The quantitative estimate of drug-likeness (QED) is 0.793. The Hall–Kier alpha value is -3.40. The van der Waals surface area contributed by atoms with Crippen molar-refractivity contribution in [3.8, 4) is 34.2 Å². The number of hydrogen-bond donors (Lipinski definition) is 1. The number of nitrogens with zero attached hydrogens (tertiary/aromatic N) is 4. The van der Waals surface area contributed by atoms with Crippen molar-refractivity contribution in [3.05, 3.63) is 47.5 Å². The van der Waals surface area contributed by atoms with E-state index in [0.717, 1.165) is 11.3 Å². The Labute approximate surface area is 144 Å². The summed E-state index contributed by atoms with van der Waals surface area (Å²) in [5.41, 5.74) is 9.54. The number of nitrogens with two attached hydrogens (primary N) is 1. The molecule has 2 aromatic heterocycles. The lowest BCUT2D eigenvalue weighted by Crippen LogP contribution is -2.01. The number of hydrogen-bond acceptors (Lipinski definition) is 5.